The summed E-state index contributed by atoms with van der Waals surface area (Å²) in [5, 5.41) is 27.6. The second-order valence-corrected chi connectivity index (χ2v) is 34.6. The Balaban J connectivity index is 0.000000560. The zero-order valence-corrected chi connectivity index (χ0v) is 78.0. The molecule has 6 aromatic heterocycles. The lowest BCUT2D eigenvalue weighted by atomic mass is 9.86. The highest BCUT2D eigenvalue weighted by atomic mass is 79.9. The number of pyridine rings is 1. The zero-order valence-electron chi connectivity index (χ0n) is 76.4. The first-order valence-electron chi connectivity index (χ1n) is 40.1. The van der Waals surface area contributed by atoms with Crippen molar-refractivity contribution in [2.45, 2.75) is 255 Å². The largest absolute Gasteiger partial charge is 0.480 e. The third-order valence-corrected chi connectivity index (χ3v) is 18.0. The van der Waals surface area contributed by atoms with Crippen molar-refractivity contribution in [2.24, 2.45) is 11.1 Å². The van der Waals surface area contributed by atoms with Gasteiger partial charge in [-0.25, -0.2) is 31.9 Å². The molecular weight excluding hydrogens is 1900 g/mol. The maximum atomic E-state index is 14.2. The molecule has 6 heterocycles. The van der Waals surface area contributed by atoms with Crippen LogP contribution in [-0.2, 0) is 149 Å². The molecule has 1 amide bonds. The first kappa shape index (κ1) is 119. The second-order valence-electron chi connectivity index (χ2n) is 34.0. The maximum absolute atomic E-state index is 14.2. The number of primary amides is 1. The normalized spacial score (nSPS) is 12.3. The number of aryl methyl sites for hydroxylation is 1. The number of ketones is 3. The Kier molecular flexibility index (Phi) is 43.0. The van der Waals surface area contributed by atoms with E-state index in [9.17, 15) is 135 Å². The van der Waals surface area contributed by atoms with Gasteiger partial charge in [0.15, 0.2) is 11.5 Å². The Morgan fingerprint density at radius 3 is 1.10 bits per heavy atom. The van der Waals surface area contributed by atoms with E-state index >= 15 is 0 Å². The number of nitrogens with zero attached hydrogens (tertiary/aromatic N) is 11. The van der Waals surface area contributed by atoms with Gasteiger partial charge in [0.05, 0.1) is 73.4 Å². The minimum Gasteiger partial charge on any atom is -0.480 e. The number of carbonyl (C=O) groups is 9. The van der Waals surface area contributed by atoms with Crippen LogP contribution in [0.3, 0.4) is 0 Å². The summed E-state index contributed by atoms with van der Waals surface area (Å²) in [4.78, 5) is 105. The molecule has 0 radical (unpaired) electrons. The molecule has 0 unspecified atom stereocenters. The highest BCUT2D eigenvalue weighted by Crippen LogP contribution is 2.40. The van der Waals surface area contributed by atoms with Crippen molar-refractivity contribution in [3.8, 4) is 11.1 Å². The maximum Gasteiger partial charge on any atom is 0.450 e. The molecule has 0 saturated carbocycles. The van der Waals surface area contributed by atoms with Crippen molar-refractivity contribution in [3.05, 3.63) is 176 Å². The number of ether oxygens (including phenoxy) is 4. The lowest BCUT2D eigenvalue weighted by Crippen LogP contribution is -2.30. The number of halogens is 22. The summed E-state index contributed by atoms with van der Waals surface area (Å²) in [7, 11) is 0. The molecule has 0 aliphatic rings. The minimum absolute atomic E-state index is 0.00380. The average Bonchev–Trinajstić information content (AvgIpc) is 1.64. The molecule has 0 spiro atoms. The number of alkyl halides is 19. The van der Waals surface area contributed by atoms with Crippen LogP contribution in [0.4, 0.5) is 92.2 Å². The van der Waals surface area contributed by atoms with E-state index in [1.54, 1.807) is 106 Å². The van der Waals surface area contributed by atoms with E-state index in [1.807, 2.05) is 33.8 Å². The number of rotatable bonds is 24. The molecule has 3 N–H and O–H groups in total. The van der Waals surface area contributed by atoms with Crippen molar-refractivity contribution in [1.82, 2.24) is 53.9 Å². The third-order valence-electron chi connectivity index (χ3n) is 17.5. The van der Waals surface area contributed by atoms with Gasteiger partial charge < -0.3 is 29.8 Å². The third kappa shape index (κ3) is 39.6. The van der Waals surface area contributed by atoms with E-state index in [0.717, 1.165) is 41.7 Å². The molecule has 0 aliphatic heterocycles. The predicted molar refractivity (Wildman–Crippen MR) is 444 cm³/mol. The van der Waals surface area contributed by atoms with Crippen molar-refractivity contribution in [3.63, 3.8) is 0 Å². The van der Waals surface area contributed by atoms with Crippen LogP contribution in [0.1, 0.15) is 229 Å². The first-order chi connectivity index (χ1) is 60.8. The van der Waals surface area contributed by atoms with Crippen LogP contribution in [0.25, 0.3) is 11.1 Å². The predicted octanol–water partition coefficient (Wildman–Crippen LogP) is 19.4. The molecule has 1 atom stereocenters. The number of amides is 1. The van der Waals surface area contributed by atoms with Crippen LogP contribution in [-0.4, -0.2) is 150 Å². The summed E-state index contributed by atoms with van der Waals surface area (Å²) in [5.41, 5.74) is 0.379. The summed E-state index contributed by atoms with van der Waals surface area (Å²) < 4.78 is 289. The lowest BCUT2D eigenvalue weighted by Gasteiger charge is -2.20. The van der Waals surface area contributed by atoms with Gasteiger partial charge in [0.25, 0.3) is 5.91 Å². The van der Waals surface area contributed by atoms with E-state index in [1.165, 1.54) is 52.0 Å². The molecule has 0 fully saturated rings. The van der Waals surface area contributed by atoms with Gasteiger partial charge in [0.2, 0.25) is 5.78 Å². The number of aromatic nitrogens is 11. The fraction of sp³-hybridized carbons (Fsp3) is 0.523. The van der Waals surface area contributed by atoms with Crippen LogP contribution in [0.5, 0.6) is 0 Å². The molecule has 8 aromatic rings. The van der Waals surface area contributed by atoms with Crippen molar-refractivity contribution < 1.29 is 159 Å². The molecule has 746 valence electrons. The van der Waals surface area contributed by atoms with Gasteiger partial charge in [-0.05, 0) is 107 Å². The van der Waals surface area contributed by atoms with Gasteiger partial charge in [-0.1, -0.05) is 132 Å². The fourth-order valence-electron chi connectivity index (χ4n) is 10.8. The minimum atomic E-state index is -5.05. The average molecular weight is 2010 g/mol. The molecule has 0 aliphatic carbocycles. The smallest absolute Gasteiger partial charge is 0.450 e. The number of carbonyl (C=O) groups excluding carboxylic acids is 8. The van der Waals surface area contributed by atoms with E-state index in [0.29, 0.717) is 48.4 Å². The van der Waals surface area contributed by atoms with Gasteiger partial charge >= 0.3 is 66.9 Å². The number of carboxylic acid groups (broad SMARTS) is 1. The Morgan fingerprint density at radius 2 is 0.784 bits per heavy atom. The van der Waals surface area contributed by atoms with Crippen molar-refractivity contribution in [1.29, 1.82) is 0 Å². The SMILES string of the molecule is CC(C)(C)C(=O)CC(=O)C(F)(F)F.CC(C)(C)c1cc(C(F)(F)F)n(CC(=O)O)n1.CCOC(=O)CBr.CCOC(=O)Cn1nc(C(C)(C)C)cc1C(F)(F)F.CCOC(=O)Cn1nc(C(C)(C)C)cc1C(F)(F)F.CCOC(=O)Cn1nc(C(F)(F)F)cc1C(F)(F)F.Cc1cc(C(C)(C)C)nn1CC(=O)C[C@@H](Cc1cc(F)cc(F)c1)c1ncccc1-c1ccc(F)c(C(N)=O)c1. The van der Waals surface area contributed by atoms with Crippen LogP contribution < -0.4 is 5.73 Å². The highest BCUT2D eigenvalue weighted by molar-refractivity contribution is 9.09. The van der Waals surface area contributed by atoms with Gasteiger partial charge in [0.1, 0.15) is 77.5 Å². The second kappa shape index (κ2) is 48.6. The molecule has 26 nitrogen and oxygen atoms in total. The molecule has 0 bridgehead atoms. The van der Waals surface area contributed by atoms with Gasteiger partial charge in [-0.3, -0.25) is 52.8 Å². The van der Waals surface area contributed by atoms with Crippen LogP contribution >= 0.6 is 15.9 Å². The number of benzene rings is 2. The molecule has 48 heteroatoms. The number of hydrogen-bond acceptors (Lipinski definition) is 19. The monoisotopic (exact) mass is 2010 g/mol. The highest BCUT2D eigenvalue weighted by Gasteiger charge is 2.45. The zero-order chi connectivity index (χ0) is 104. The standard InChI is InChI=1S/C31H31F3N4O2.2C12H17F3N2O2.C10H13F3N2O2.C9H8F6N2O2.C8H11F3O2.C4H7BrO2/c1-18-10-28(31(2,3)4)37-38(18)17-24(39)14-21(11-19-12-22(32)16-23(33)13-19)29-25(6-5-9-36-29)20-7-8-27(34)26(15-20)30(35)40;2*1-5-19-10(18)7-17-9(12(13,14)15)6-8(16-17)11(2,3)4;1-9(2,3)6-4-7(10(11,12)13)15(14-6)5-8(16)17;1-2-19-7(18)4-17-6(9(13,14)15)3-5(16-17)8(10,11)12;1-7(2,3)5(12)4-6(13)8(9,10)11;1-2-7-4(6)3-5/h5-10,12-13,15-16,21H,11,14,17H2,1-4H3,(H2,35,40);2*6H,5,7H2,1-4H3;4H,5H2,1-3H3,(H,16,17);3H,2,4H2,1H3;4H2,1-3H3;2-3H2,1H3/t21-;;;;;;/m1....../s1. The van der Waals surface area contributed by atoms with E-state index in [4.69, 9.17) is 10.8 Å². The van der Waals surface area contributed by atoms with Crippen LogP contribution in [0.2, 0.25) is 0 Å². The summed E-state index contributed by atoms with van der Waals surface area (Å²) in [5.74, 6) is -10.7. The fourth-order valence-corrected chi connectivity index (χ4v) is 11.0. The van der Waals surface area contributed by atoms with Crippen LogP contribution in [0.15, 0.2) is 85.1 Å². The van der Waals surface area contributed by atoms with Gasteiger partial charge in [-0.15, -0.1) is 0 Å². The summed E-state index contributed by atoms with van der Waals surface area (Å²) in [6.45, 7) is 32.1. The quantitative estimate of drug-likeness (QED) is 0.0187. The molecule has 134 heavy (non-hydrogen) atoms. The van der Waals surface area contributed by atoms with E-state index in [2.05, 4.69) is 65.4 Å². The number of aliphatic carboxylic acids is 1. The Bertz CT molecular complexity index is 5050. The Morgan fingerprint density at radius 1 is 0.433 bits per heavy atom. The van der Waals surface area contributed by atoms with Gasteiger partial charge in [-0.2, -0.15) is 105 Å². The number of carboxylic acids is 1. The number of hydrogen-bond donors (Lipinski definition) is 2. The molecule has 2 aromatic carbocycles. The summed E-state index contributed by atoms with van der Waals surface area (Å²) in [6, 6.07) is 15.2. The van der Waals surface area contributed by atoms with Gasteiger partial charge in [0, 0.05) is 69.0 Å². The van der Waals surface area contributed by atoms with Crippen molar-refractivity contribution >= 4 is 69.0 Å². The summed E-state index contributed by atoms with van der Waals surface area (Å²) in [6.07, 6.45) is -28.1. The molecular formula is C86H104BrF21N12O14. The Labute approximate surface area is 764 Å². The first-order valence-corrected chi connectivity index (χ1v) is 41.3. The summed E-state index contributed by atoms with van der Waals surface area (Å²) >= 11 is 2.94. The van der Waals surface area contributed by atoms with Crippen LogP contribution in [0, 0.1) is 29.8 Å². The molecule has 0 saturated heterocycles. The van der Waals surface area contributed by atoms with E-state index in [-0.39, 0.29) is 89.8 Å². The van der Waals surface area contributed by atoms with Crippen molar-refractivity contribution in [2.75, 3.05) is 31.8 Å². The lowest BCUT2D eigenvalue weighted by molar-refractivity contribution is -0.172. The Hall–Kier alpha value is -11.5. The molecule has 8 rings (SSSR count). The number of Topliss-reactive ketones (excluding diaryl/α,β-unsaturated/α-hetero) is 3. The number of esters is 4. The topological polar surface area (TPSA) is 339 Å². The van der Waals surface area contributed by atoms with E-state index < -0.39 is 185 Å². The number of nitrogens with two attached hydrogens (primary N) is 1.